The zero-order valence-electron chi connectivity index (χ0n) is 21.4. The van der Waals surface area contributed by atoms with E-state index in [1.54, 1.807) is 0 Å². The van der Waals surface area contributed by atoms with E-state index in [9.17, 15) is 4.79 Å². The Kier molecular flexibility index (Phi) is 7.56. The molecule has 0 spiro atoms. The Morgan fingerprint density at radius 1 is 1.08 bits per heavy atom. The van der Waals surface area contributed by atoms with Gasteiger partial charge in [0.15, 0.2) is 5.82 Å². The fraction of sp³-hybridized carbons (Fsp3) is 0.448. The van der Waals surface area contributed by atoms with Gasteiger partial charge in [0.25, 0.3) is 5.56 Å². The normalized spacial score (nSPS) is 15.5. The molecule has 2 heterocycles. The van der Waals surface area contributed by atoms with Crippen LogP contribution in [0.5, 0.6) is 0 Å². The molecule has 0 saturated heterocycles. The number of nitrogens with one attached hydrogen (secondary N) is 1. The smallest absolute Gasteiger partial charge is 0.252 e. The minimum atomic E-state index is -0.0298. The van der Waals surface area contributed by atoms with Gasteiger partial charge in [-0.25, -0.2) is 4.68 Å². The zero-order valence-corrected chi connectivity index (χ0v) is 21.4. The summed E-state index contributed by atoms with van der Waals surface area (Å²) >= 11 is 0. The Hall–Kier alpha value is -3.32. The molecule has 1 fully saturated rings. The summed E-state index contributed by atoms with van der Waals surface area (Å²) in [4.78, 5) is 18.6. The van der Waals surface area contributed by atoms with Crippen LogP contribution < -0.4 is 5.56 Å². The van der Waals surface area contributed by atoms with E-state index < -0.39 is 0 Å². The lowest BCUT2D eigenvalue weighted by Crippen LogP contribution is -2.34. The first-order valence-corrected chi connectivity index (χ1v) is 13.3. The highest BCUT2D eigenvalue weighted by Crippen LogP contribution is 2.32. The van der Waals surface area contributed by atoms with E-state index in [4.69, 9.17) is 0 Å². The zero-order chi connectivity index (χ0) is 24.9. The summed E-state index contributed by atoms with van der Waals surface area (Å²) in [6.45, 7) is 5.62. The minimum absolute atomic E-state index is 0.0262. The van der Waals surface area contributed by atoms with Crippen LogP contribution in [0.1, 0.15) is 80.0 Å². The Balaban J connectivity index is 1.48. The van der Waals surface area contributed by atoms with E-state index in [2.05, 4.69) is 74.3 Å². The topological polar surface area (TPSA) is 79.7 Å². The molecule has 1 N–H and O–H groups in total. The third kappa shape index (κ3) is 5.41. The second-order valence-corrected chi connectivity index (χ2v) is 10.1. The van der Waals surface area contributed by atoms with Crippen LogP contribution in [0.3, 0.4) is 0 Å². The highest BCUT2D eigenvalue weighted by molar-refractivity contribution is 5.79. The molecule has 4 aromatic rings. The first kappa shape index (κ1) is 24.4. The maximum Gasteiger partial charge on any atom is 0.252 e. The summed E-state index contributed by atoms with van der Waals surface area (Å²) in [5.74, 6) is 0.922. The molecule has 2 aromatic carbocycles. The highest BCUT2D eigenvalue weighted by atomic mass is 16.1. The monoisotopic (exact) mass is 484 g/mol. The Labute approximate surface area is 212 Å². The maximum absolute atomic E-state index is 13.1. The van der Waals surface area contributed by atoms with E-state index in [1.807, 2.05) is 24.3 Å². The highest BCUT2D eigenvalue weighted by Gasteiger charge is 2.29. The molecule has 0 amide bonds. The van der Waals surface area contributed by atoms with E-state index in [0.29, 0.717) is 12.6 Å². The molecule has 0 unspecified atom stereocenters. The SMILES string of the molecule is CC[C@H](c1nnnn1C1CCCCC1)N(CCc1ccccc1)Cc1cc2cc(C)ccc2[nH]c1=O. The second-order valence-electron chi connectivity index (χ2n) is 10.1. The first-order chi connectivity index (χ1) is 17.6. The number of aryl methyl sites for hydroxylation is 1. The Morgan fingerprint density at radius 3 is 2.67 bits per heavy atom. The minimum Gasteiger partial charge on any atom is -0.322 e. The number of pyridine rings is 1. The van der Waals surface area contributed by atoms with Gasteiger partial charge >= 0.3 is 0 Å². The predicted molar refractivity (Wildman–Crippen MR) is 143 cm³/mol. The van der Waals surface area contributed by atoms with Crippen molar-refractivity contribution in [3.8, 4) is 0 Å². The van der Waals surface area contributed by atoms with Crippen LogP contribution in [0.4, 0.5) is 0 Å². The average Bonchev–Trinajstić information content (AvgIpc) is 3.39. The lowest BCUT2D eigenvalue weighted by atomic mass is 9.95. The number of nitrogens with zero attached hydrogens (tertiary/aromatic N) is 5. The summed E-state index contributed by atoms with van der Waals surface area (Å²) in [6.07, 6.45) is 7.76. The van der Waals surface area contributed by atoms with Crippen molar-refractivity contribution >= 4 is 10.9 Å². The van der Waals surface area contributed by atoms with E-state index in [1.165, 1.54) is 30.4 Å². The Morgan fingerprint density at radius 2 is 1.89 bits per heavy atom. The maximum atomic E-state index is 13.1. The van der Waals surface area contributed by atoms with Crippen LogP contribution in [0.25, 0.3) is 10.9 Å². The lowest BCUT2D eigenvalue weighted by molar-refractivity contribution is 0.165. The van der Waals surface area contributed by atoms with Crippen LogP contribution in [-0.2, 0) is 13.0 Å². The van der Waals surface area contributed by atoms with Gasteiger partial charge in [-0.3, -0.25) is 9.69 Å². The van der Waals surface area contributed by atoms with Gasteiger partial charge < -0.3 is 4.98 Å². The molecule has 0 aliphatic heterocycles. The molecule has 0 radical (unpaired) electrons. The van der Waals surface area contributed by atoms with Crippen LogP contribution in [0.2, 0.25) is 0 Å². The van der Waals surface area contributed by atoms with Crippen molar-refractivity contribution in [2.24, 2.45) is 0 Å². The molecule has 1 atom stereocenters. The summed E-state index contributed by atoms with van der Waals surface area (Å²) in [7, 11) is 0. The molecule has 36 heavy (non-hydrogen) atoms. The molecule has 1 aliphatic rings. The number of benzene rings is 2. The number of aromatic nitrogens is 5. The summed E-state index contributed by atoms with van der Waals surface area (Å²) in [5.41, 5.74) is 4.08. The number of rotatable bonds is 9. The molecule has 1 saturated carbocycles. The fourth-order valence-electron chi connectivity index (χ4n) is 5.58. The molecular formula is C29H36N6O. The second kappa shape index (κ2) is 11.2. The van der Waals surface area contributed by atoms with Gasteiger partial charge in [-0.15, -0.1) is 5.10 Å². The van der Waals surface area contributed by atoms with Gasteiger partial charge in [-0.05, 0) is 72.2 Å². The van der Waals surface area contributed by atoms with Crippen molar-refractivity contribution in [1.82, 2.24) is 30.1 Å². The summed E-state index contributed by atoms with van der Waals surface area (Å²) < 4.78 is 2.08. The van der Waals surface area contributed by atoms with Crippen molar-refractivity contribution in [3.63, 3.8) is 0 Å². The summed E-state index contributed by atoms with van der Waals surface area (Å²) in [6, 6.07) is 19.1. The lowest BCUT2D eigenvalue weighted by Gasteiger charge is -2.32. The van der Waals surface area contributed by atoms with Gasteiger partial charge in [-0.1, -0.05) is 68.1 Å². The molecule has 7 nitrogen and oxygen atoms in total. The van der Waals surface area contributed by atoms with Gasteiger partial charge in [0.2, 0.25) is 0 Å². The first-order valence-electron chi connectivity index (χ1n) is 13.3. The number of fused-ring (bicyclic) bond motifs is 1. The molecule has 1 aliphatic carbocycles. The van der Waals surface area contributed by atoms with Gasteiger partial charge in [0, 0.05) is 24.2 Å². The largest absolute Gasteiger partial charge is 0.322 e. The van der Waals surface area contributed by atoms with E-state index in [-0.39, 0.29) is 11.6 Å². The Bertz CT molecular complexity index is 1340. The van der Waals surface area contributed by atoms with Crippen LogP contribution in [0, 0.1) is 6.92 Å². The van der Waals surface area contributed by atoms with Crippen LogP contribution in [0.15, 0.2) is 59.4 Å². The van der Waals surface area contributed by atoms with Crippen LogP contribution >= 0.6 is 0 Å². The molecule has 5 rings (SSSR count). The standard InChI is InChI=1S/C29H36N6O/c1-3-27(28-31-32-33-35(28)25-12-8-5-9-13-25)34(17-16-22-10-6-4-7-11-22)20-24-19-23-18-21(2)14-15-26(23)30-29(24)36/h4,6-7,10-11,14-15,18-19,25,27H,3,5,8-9,12-13,16-17,20H2,1-2H3,(H,30,36)/t27-/m1/s1. The molecular weight excluding hydrogens is 448 g/mol. The van der Waals surface area contributed by atoms with Crippen molar-refractivity contribution in [3.05, 3.63) is 87.5 Å². The third-order valence-electron chi connectivity index (χ3n) is 7.54. The fourth-order valence-corrected chi connectivity index (χ4v) is 5.58. The van der Waals surface area contributed by atoms with Crippen molar-refractivity contribution < 1.29 is 0 Å². The third-order valence-corrected chi connectivity index (χ3v) is 7.54. The average molecular weight is 485 g/mol. The number of aromatic amines is 1. The number of hydrogen-bond donors (Lipinski definition) is 1. The van der Waals surface area contributed by atoms with Crippen molar-refractivity contribution in [2.45, 2.75) is 77.4 Å². The number of tetrazole rings is 1. The quantitative estimate of drug-likeness (QED) is 0.338. The molecule has 0 bridgehead atoms. The molecule has 2 aromatic heterocycles. The molecule has 188 valence electrons. The van der Waals surface area contributed by atoms with Gasteiger partial charge in [-0.2, -0.15) is 0 Å². The van der Waals surface area contributed by atoms with E-state index in [0.717, 1.165) is 54.5 Å². The van der Waals surface area contributed by atoms with Crippen molar-refractivity contribution in [2.75, 3.05) is 6.54 Å². The van der Waals surface area contributed by atoms with Gasteiger partial charge in [0.1, 0.15) is 0 Å². The van der Waals surface area contributed by atoms with Crippen molar-refractivity contribution in [1.29, 1.82) is 0 Å². The summed E-state index contributed by atoms with van der Waals surface area (Å²) in [5, 5.41) is 14.2. The molecule has 7 heteroatoms. The van der Waals surface area contributed by atoms with Crippen LogP contribution in [-0.4, -0.2) is 36.6 Å². The van der Waals surface area contributed by atoms with Gasteiger partial charge in [0.05, 0.1) is 12.1 Å². The number of H-pyrrole nitrogens is 1. The predicted octanol–water partition coefficient (Wildman–Crippen LogP) is 5.52. The number of hydrogen-bond acceptors (Lipinski definition) is 5. The van der Waals surface area contributed by atoms with E-state index >= 15 is 0 Å².